The fourth-order valence-corrected chi connectivity index (χ4v) is 4.69. The molecule has 8 heteroatoms. The highest BCUT2D eigenvalue weighted by Gasteiger charge is 2.21. The lowest BCUT2D eigenvalue weighted by atomic mass is 10.2. The van der Waals surface area contributed by atoms with Gasteiger partial charge in [-0.3, -0.25) is 9.79 Å². The number of rotatable bonds is 7. The average molecular weight is 556 g/mol. The Balaban J connectivity index is 0.00000341. The van der Waals surface area contributed by atoms with Crippen LogP contribution in [0.2, 0.25) is 0 Å². The van der Waals surface area contributed by atoms with Crippen molar-refractivity contribution in [1.82, 2.24) is 15.5 Å². The first-order valence-corrected chi connectivity index (χ1v) is 11.5. The summed E-state index contributed by atoms with van der Waals surface area (Å²) in [6, 6.07) is 15.0. The standard InChI is InChI=1S/C23H33N5OS.HI/c1-18(17-21-10-9-19(2)30-21)26-23(24-3)25-12-11-22(29)28-15-13-27(14-16-28)20-7-5-4-6-8-20;/h4-10,18H,11-17H2,1-3H3,(H2,24,25,26);1H. The zero-order valence-corrected chi connectivity index (χ0v) is 21.8. The summed E-state index contributed by atoms with van der Waals surface area (Å²) in [6.07, 6.45) is 1.44. The van der Waals surface area contributed by atoms with Gasteiger partial charge in [0.2, 0.25) is 5.91 Å². The number of aliphatic imine (C=N–C) groups is 1. The molecular weight excluding hydrogens is 521 g/mol. The minimum absolute atomic E-state index is 0. The van der Waals surface area contributed by atoms with Gasteiger partial charge in [-0.2, -0.15) is 0 Å². The first-order valence-electron chi connectivity index (χ1n) is 10.7. The SMILES string of the molecule is CN=C(NCCC(=O)N1CCN(c2ccccc2)CC1)NC(C)Cc1ccc(C)s1.I. The van der Waals surface area contributed by atoms with E-state index in [1.165, 1.54) is 15.4 Å². The fourth-order valence-electron chi connectivity index (χ4n) is 3.67. The van der Waals surface area contributed by atoms with Crippen LogP contribution in [-0.4, -0.2) is 62.6 Å². The van der Waals surface area contributed by atoms with Crippen LogP contribution in [0.15, 0.2) is 47.5 Å². The molecule has 1 unspecified atom stereocenters. The lowest BCUT2D eigenvalue weighted by Gasteiger charge is -2.36. The van der Waals surface area contributed by atoms with Gasteiger partial charge in [-0.1, -0.05) is 18.2 Å². The molecule has 1 aromatic carbocycles. The molecule has 2 N–H and O–H groups in total. The number of nitrogens with zero attached hydrogens (tertiary/aromatic N) is 3. The number of carbonyl (C=O) groups excluding carboxylic acids is 1. The highest BCUT2D eigenvalue weighted by atomic mass is 127. The minimum Gasteiger partial charge on any atom is -0.368 e. The van der Waals surface area contributed by atoms with Gasteiger partial charge in [0.1, 0.15) is 0 Å². The molecule has 0 saturated carbocycles. The zero-order valence-electron chi connectivity index (χ0n) is 18.6. The van der Waals surface area contributed by atoms with Crippen molar-refractivity contribution in [2.24, 2.45) is 4.99 Å². The second-order valence-electron chi connectivity index (χ2n) is 7.71. The number of halogens is 1. The van der Waals surface area contributed by atoms with Gasteiger partial charge < -0.3 is 20.4 Å². The van der Waals surface area contributed by atoms with Gasteiger partial charge >= 0.3 is 0 Å². The summed E-state index contributed by atoms with van der Waals surface area (Å²) >= 11 is 1.83. The summed E-state index contributed by atoms with van der Waals surface area (Å²) < 4.78 is 0. The highest BCUT2D eigenvalue weighted by molar-refractivity contribution is 14.0. The van der Waals surface area contributed by atoms with E-state index in [1.807, 2.05) is 22.3 Å². The molecule has 0 aliphatic carbocycles. The minimum atomic E-state index is 0. The first-order chi connectivity index (χ1) is 14.5. The van der Waals surface area contributed by atoms with Gasteiger partial charge in [0.05, 0.1) is 0 Å². The first kappa shape index (κ1) is 25.5. The van der Waals surface area contributed by atoms with Crippen molar-refractivity contribution < 1.29 is 4.79 Å². The van der Waals surface area contributed by atoms with E-state index in [0.717, 1.165) is 38.6 Å². The molecule has 170 valence electrons. The van der Waals surface area contributed by atoms with Crippen LogP contribution < -0.4 is 15.5 Å². The van der Waals surface area contributed by atoms with E-state index in [9.17, 15) is 4.79 Å². The summed E-state index contributed by atoms with van der Waals surface area (Å²) in [5.41, 5.74) is 1.23. The Morgan fingerprint density at radius 2 is 1.84 bits per heavy atom. The Morgan fingerprint density at radius 3 is 2.45 bits per heavy atom. The molecule has 1 atom stereocenters. The fraction of sp³-hybridized carbons (Fsp3) is 0.478. The van der Waals surface area contributed by atoms with Crippen LogP contribution in [0, 0.1) is 6.92 Å². The van der Waals surface area contributed by atoms with Gasteiger partial charge in [-0.05, 0) is 38.1 Å². The van der Waals surface area contributed by atoms with E-state index in [4.69, 9.17) is 0 Å². The Hall–Kier alpha value is -1.81. The molecule has 3 rings (SSSR count). The molecule has 1 aliphatic rings. The van der Waals surface area contributed by atoms with Gasteiger partial charge in [-0.15, -0.1) is 35.3 Å². The molecule has 2 aromatic rings. The third-order valence-electron chi connectivity index (χ3n) is 5.30. The molecule has 31 heavy (non-hydrogen) atoms. The Kier molecular flexibility index (Phi) is 10.6. The van der Waals surface area contributed by atoms with Crippen molar-refractivity contribution >= 4 is 52.9 Å². The van der Waals surface area contributed by atoms with Gasteiger partial charge in [0, 0.05) is 74.1 Å². The van der Waals surface area contributed by atoms with E-state index < -0.39 is 0 Å². The number of para-hydroxylation sites is 1. The smallest absolute Gasteiger partial charge is 0.224 e. The number of aryl methyl sites for hydroxylation is 1. The number of amides is 1. The van der Waals surface area contributed by atoms with Crippen LogP contribution in [0.4, 0.5) is 5.69 Å². The molecule has 1 saturated heterocycles. The van der Waals surface area contributed by atoms with Crippen molar-refractivity contribution in [3.63, 3.8) is 0 Å². The van der Waals surface area contributed by atoms with E-state index in [-0.39, 0.29) is 35.9 Å². The largest absolute Gasteiger partial charge is 0.368 e. The normalized spacial score (nSPS) is 15.3. The molecule has 1 aromatic heterocycles. The maximum atomic E-state index is 12.6. The second-order valence-corrected chi connectivity index (χ2v) is 9.09. The van der Waals surface area contributed by atoms with Gasteiger partial charge in [-0.25, -0.2) is 0 Å². The molecule has 1 fully saturated rings. The van der Waals surface area contributed by atoms with E-state index in [1.54, 1.807) is 7.05 Å². The summed E-state index contributed by atoms with van der Waals surface area (Å²) in [5, 5.41) is 6.70. The van der Waals surface area contributed by atoms with Crippen LogP contribution in [0.3, 0.4) is 0 Å². The topological polar surface area (TPSA) is 60.0 Å². The molecule has 0 spiro atoms. The van der Waals surface area contributed by atoms with Crippen LogP contribution >= 0.6 is 35.3 Å². The maximum absolute atomic E-state index is 12.6. The third kappa shape index (κ3) is 7.99. The molecule has 1 aliphatic heterocycles. The van der Waals surface area contributed by atoms with E-state index in [0.29, 0.717) is 13.0 Å². The van der Waals surface area contributed by atoms with Crippen LogP contribution in [0.5, 0.6) is 0 Å². The van der Waals surface area contributed by atoms with E-state index in [2.05, 4.69) is 70.8 Å². The predicted molar refractivity (Wildman–Crippen MR) is 142 cm³/mol. The number of thiophene rings is 1. The zero-order chi connectivity index (χ0) is 21.3. The van der Waals surface area contributed by atoms with Crippen molar-refractivity contribution in [3.05, 3.63) is 52.2 Å². The summed E-state index contributed by atoms with van der Waals surface area (Å²) in [7, 11) is 1.77. The van der Waals surface area contributed by atoms with Crippen molar-refractivity contribution in [3.8, 4) is 0 Å². The third-order valence-corrected chi connectivity index (χ3v) is 6.32. The monoisotopic (exact) mass is 555 g/mol. The maximum Gasteiger partial charge on any atom is 0.224 e. The van der Waals surface area contributed by atoms with Crippen LogP contribution in [0.1, 0.15) is 23.1 Å². The van der Waals surface area contributed by atoms with E-state index >= 15 is 0 Å². The van der Waals surface area contributed by atoms with Crippen LogP contribution in [0.25, 0.3) is 0 Å². The number of benzene rings is 1. The Labute approximate surface area is 207 Å². The summed E-state index contributed by atoms with van der Waals surface area (Å²) in [5.74, 6) is 0.949. The number of piperazine rings is 1. The van der Waals surface area contributed by atoms with Crippen LogP contribution in [-0.2, 0) is 11.2 Å². The summed E-state index contributed by atoms with van der Waals surface area (Å²) in [6.45, 7) is 8.18. The number of guanidine groups is 1. The van der Waals surface area contributed by atoms with Crippen molar-refractivity contribution in [2.75, 3.05) is 44.7 Å². The summed E-state index contributed by atoms with van der Waals surface area (Å²) in [4.78, 5) is 23.9. The van der Waals surface area contributed by atoms with Crippen molar-refractivity contribution in [2.45, 2.75) is 32.7 Å². The molecule has 2 heterocycles. The number of hydrogen-bond donors (Lipinski definition) is 2. The molecule has 0 radical (unpaired) electrons. The molecular formula is C23H34IN5OS. The van der Waals surface area contributed by atoms with Gasteiger partial charge in [0.25, 0.3) is 0 Å². The quantitative estimate of drug-likeness (QED) is 0.312. The lowest BCUT2D eigenvalue weighted by molar-refractivity contribution is -0.131. The molecule has 0 bridgehead atoms. The van der Waals surface area contributed by atoms with Gasteiger partial charge in [0.15, 0.2) is 5.96 Å². The number of anilines is 1. The number of carbonyl (C=O) groups is 1. The highest BCUT2D eigenvalue weighted by Crippen LogP contribution is 2.17. The Morgan fingerprint density at radius 1 is 1.13 bits per heavy atom. The Bertz CT molecular complexity index is 834. The molecule has 1 amide bonds. The second kappa shape index (κ2) is 12.9. The number of nitrogens with one attached hydrogen (secondary N) is 2. The number of hydrogen-bond acceptors (Lipinski definition) is 4. The lowest BCUT2D eigenvalue weighted by Crippen LogP contribution is -2.49. The average Bonchev–Trinajstić information content (AvgIpc) is 3.18. The molecule has 6 nitrogen and oxygen atoms in total. The van der Waals surface area contributed by atoms with Crippen molar-refractivity contribution in [1.29, 1.82) is 0 Å². The predicted octanol–water partition coefficient (Wildman–Crippen LogP) is 3.51.